The standard InChI is InChI=1S/C20H20N4O5S/c1-9-5-6-13(7-10(9)2)23-20(28)24-14(25)8-29-19(27)16-11(3)15-17(26)21-12(4)22-18(15)30-16/h5-7H,8H2,1-4H3,(H,21,22,26)(H2,23,24,25,28). The maximum absolute atomic E-state index is 12.3. The number of aromatic nitrogens is 2. The van der Waals surface area contributed by atoms with Crippen LogP contribution in [0.4, 0.5) is 10.5 Å². The lowest BCUT2D eigenvalue weighted by Gasteiger charge is -2.09. The van der Waals surface area contributed by atoms with Crippen LogP contribution in [-0.4, -0.2) is 34.5 Å². The number of nitrogens with zero attached hydrogens (tertiary/aromatic N) is 1. The molecule has 0 saturated heterocycles. The van der Waals surface area contributed by atoms with E-state index in [1.54, 1.807) is 26.0 Å². The molecule has 2 heterocycles. The first-order chi connectivity index (χ1) is 14.2. The first-order valence-corrected chi connectivity index (χ1v) is 9.82. The number of hydrogen-bond donors (Lipinski definition) is 3. The summed E-state index contributed by atoms with van der Waals surface area (Å²) in [6.07, 6.45) is 0. The van der Waals surface area contributed by atoms with Gasteiger partial charge in [-0.1, -0.05) is 6.07 Å². The molecule has 0 bridgehead atoms. The van der Waals surface area contributed by atoms with Crippen LogP contribution < -0.4 is 16.2 Å². The van der Waals surface area contributed by atoms with Crippen LogP contribution in [0.2, 0.25) is 0 Å². The fourth-order valence-corrected chi connectivity index (χ4v) is 3.91. The van der Waals surface area contributed by atoms with E-state index in [1.165, 1.54) is 0 Å². The summed E-state index contributed by atoms with van der Waals surface area (Å²) in [4.78, 5) is 55.7. The predicted molar refractivity (Wildman–Crippen MR) is 113 cm³/mol. The molecule has 3 amide bonds. The maximum Gasteiger partial charge on any atom is 0.349 e. The third kappa shape index (κ3) is 4.54. The maximum atomic E-state index is 12.3. The van der Waals surface area contributed by atoms with Crippen LogP contribution in [0.25, 0.3) is 10.2 Å². The first-order valence-electron chi connectivity index (χ1n) is 9.01. The Labute approximate surface area is 175 Å². The van der Waals surface area contributed by atoms with Crippen LogP contribution in [0, 0.1) is 27.7 Å². The summed E-state index contributed by atoms with van der Waals surface area (Å²) in [6, 6.07) is 4.61. The van der Waals surface area contributed by atoms with Crippen LogP contribution in [0.1, 0.15) is 32.2 Å². The van der Waals surface area contributed by atoms with Crippen molar-refractivity contribution in [2.24, 2.45) is 0 Å². The number of aryl methyl sites for hydroxylation is 4. The highest BCUT2D eigenvalue weighted by Gasteiger charge is 2.21. The lowest BCUT2D eigenvalue weighted by molar-refractivity contribution is -0.123. The number of carbonyl (C=O) groups excluding carboxylic acids is 3. The zero-order valence-corrected chi connectivity index (χ0v) is 17.7. The molecule has 0 aliphatic heterocycles. The number of nitrogens with one attached hydrogen (secondary N) is 3. The minimum atomic E-state index is -0.782. The molecule has 3 rings (SSSR count). The molecule has 156 valence electrons. The predicted octanol–water partition coefficient (Wildman–Crippen LogP) is 2.72. The SMILES string of the molecule is Cc1nc2sc(C(=O)OCC(=O)NC(=O)Nc3ccc(C)c(C)c3)c(C)c2c(=O)[nH]1. The third-order valence-electron chi connectivity index (χ3n) is 4.46. The van der Waals surface area contributed by atoms with Crippen molar-refractivity contribution in [2.45, 2.75) is 27.7 Å². The first kappa shape index (κ1) is 21.2. The van der Waals surface area contributed by atoms with Crippen molar-refractivity contribution in [3.8, 4) is 0 Å². The van der Waals surface area contributed by atoms with Crippen molar-refractivity contribution >= 4 is 45.1 Å². The minimum absolute atomic E-state index is 0.181. The highest BCUT2D eigenvalue weighted by Crippen LogP contribution is 2.27. The van der Waals surface area contributed by atoms with Crippen molar-refractivity contribution in [1.82, 2.24) is 15.3 Å². The fraction of sp³-hybridized carbons (Fsp3) is 0.250. The number of H-pyrrole nitrogens is 1. The fourth-order valence-electron chi connectivity index (χ4n) is 2.79. The van der Waals surface area contributed by atoms with Crippen molar-refractivity contribution in [3.63, 3.8) is 0 Å². The van der Waals surface area contributed by atoms with Crippen LogP contribution in [0.3, 0.4) is 0 Å². The average Bonchev–Trinajstić information content (AvgIpc) is 2.99. The number of imide groups is 1. The van der Waals surface area contributed by atoms with E-state index in [-0.39, 0.29) is 10.4 Å². The Hall–Kier alpha value is -3.53. The summed E-state index contributed by atoms with van der Waals surface area (Å²) >= 11 is 1.01. The van der Waals surface area contributed by atoms with Gasteiger partial charge >= 0.3 is 12.0 Å². The van der Waals surface area contributed by atoms with Crippen LogP contribution in [0.15, 0.2) is 23.0 Å². The van der Waals surface area contributed by atoms with Gasteiger partial charge in [0.2, 0.25) is 0 Å². The number of thiophene rings is 1. The van der Waals surface area contributed by atoms with Gasteiger partial charge in [0.15, 0.2) is 6.61 Å². The number of urea groups is 1. The number of carbonyl (C=O) groups is 3. The second-order valence-corrected chi connectivity index (χ2v) is 7.76. The van der Waals surface area contributed by atoms with Crippen molar-refractivity contribution < 1.29 is 19.1 Å². The zero-order valence-electron chi connectivity index (χ0n) is 16.8. The largest absolute Gasteiger partial charge is 0.451 e. The molecule has 0 fully saturated rings. The summed E-state index contributed by atoms with van der Waals surface area (Å²) in [6.45, 7) is 6.46. The van der Waals surface area contributed by atoms with Gasteiger partial charge in [0.25, 0.3) is 11.5 Å². The van der Waals surface area contributed by atoms with E-state index in [9.17, 15) is 19.2 Å². The van der Waals surface area contributed by atoms with E-state index in [1.807, 2.05) is 19.9 Å². The van der Waals surface area contributed by atoms with Crippen LogP contribution in [0.5, 0.6) is 0 Å². The number of aromatic amines is 1. The normalized spacial score (nSPS) is 10.7. The summed E-state index contributed by atoms with van der Waals surface area (Å²) in [5, 5.41) is 4.95. The molecule has 0 atom stereocenters. The average molecular weight is 428 g/mol. The van der Waals surface area contributed by atoms with Crippen molar-refractivity contribution in [3.05, 3.63) is 55.9 Å². The smallest absolute Gasteiger partial charge is 0.349 e. The molecule has 9 nitrogen and oxygen atoms in total. The molecular weight excluding hydrogens is 408 g/mol. The van der Waals surface area contributed by atoms with Gasteiger partial charge in [-0.25, -0.2) is 14.6 Å². The number of amides is 3. The number of ether oxygens (including phenoxy) is 1. The van der Waals surface area contributed by atoms with Gasteiger partial charge in [-0.15, -0.1) is 11.3 Å². The number of benzene rings is 1. The second-order valence-electron chi connectivity index (χ2n) is 6.77. The highest BCUT2D eigenvalue weighted by molar-refractivity contribution is 7.20. The summed E-state index contributed by atoms with van der Waals surface area (Å²) in [7, 11) is 0. The number of rotatable bonds is 4. The molecule has 0 radical (unpaired) electrons. The van der Waals surface area contributed by atoms with E-state index in [0.717, 1.165) is 22.5 Å². The van der Waals surface area contributed by atoms with E-state index in [4.69, 9.17) is 4.74 Å². The Balaban J connectivity index is 1.60. The number of hydrogen-bond acceptors (Lipinski definition) is 7. The third-order valence-corrected chi connectivity index (χ3v) is 5.62. The Bertz CT molecular complexity index is 1230. The van der Waals surface area contributed by atoms with Crippen molar-refractivity contribution in [1.29, 1.82) is 0 Å². The Morgan fingerprint density at radius 1 is 1.13 bits per heavy atom. The summed E-state index contributed by atoms with van der Waals surface area (Å²) in [5.41, 5.74) is 2.70. The Morgan fingerprint density at radius 3 is 2.57 bits per heavy atom. The van der Waals surface area contributed by atoms with Crippen LogP contribution in [-0.2, 0) is 9.53 Å². The van der Waals surface area contributed by atoms with E-state index >= 15 is 0 Å². The summed E-state index contributed by atoms with van der Waals surface area (Å²) in [5.74, 6) is -1.12. The van der Waals surface area contributed by atoms with Crippen molar-refractivity contribution in [2.75, 3.05) is 11.9 Å². The minimum Gasteiger partial charge on any atom is -0.451 e. The Morgan fingerprint density at radius 2 is 1.87 bits per heavy atom. The molecule has 0 unspecified atom stereocenters. The molecule has 30 heavy (non-hydrogen) atoms. The lowest BCUT2D eigenvalue weighted by Crippen LogP contribution is -2.37. The highest BCUT2D eigenvalue weighted by atomic mass is 32.1. The monoisotopic (exact) mass is 428 g/mol. The molecule has 0 saturated carbocycles. The van der Waals surface area contributed by atoms with E-state index in [2.05, 4.69) is 20.6 Å². The van der Waals surface area contributed by atoms with Gasteiger partial charge in [0, 0.05) is 5.69 Å². The molecule has 3 N–H and O–H groups in total. The molecule has 2 aromatic heterocycles. The molecule has 10 heteroatoms. The van der Waals surface area contributed by atoms with Gasteiger partial charge in [0.1, 0.15) is 15.5 Å². The quantitative estimate of drug-likeness (QED) is 0.548. The Kier molecular flexibility index (Phi) is 5.97. The molecule has 0 aliphatic rings. The number of anilines is 1. The van der Waals surface area contributed by atoms with Gasteiger partial charge in [0.05, 0.1) is 5.39 Å². The lowest BCUT2D eigenvalue weighted by atomic mass is 10.1. The van der Waals surface area contributed by atoms with Gasteiger partial charge in [-0.05, 0) is 56.5 Å². The molecule has 0 spiro atoms. The number of fused-ring (bicyclic) bond motifs is 1. The summed E-state index contributed by atoms with van der Waals surface area (Å²) < 4.78 is 5.00. The van der Waals surface area contributed by atoms with Gasteiger partial charge in [-0.2, -0.15) is 0 Å². The van der Waals surface area contributed by atoms with Crippen LogP contribution >= 0.6 is 11.3 Å². The number of esters is 1. The van der Waals surface area contributed by atoms with E-state index < -0.39 is 24.5 Å². The molecule has 0 aliphatic carbocycles. The zero-order chi connectivity index (χ0) is 22.0. The molecule has 3 aromatic rings. The van der Waals surface area contributed by atoms with Gasteiger partial charge in [-0.3, -0.25) is 14.9 Å². The topological polar surface area (TPSA) is 130 Å². The molecule has 1 aromatic carbocycles. The second kappa shape index (κ2) is 8.46. The molecular formula is C20H20N4O5S. The van der Waals surface area contributed by atoms with Gasteiger partial charge < -0.3 is 15.0 Å². The van der Waals surface area contributed by atoms with E-state index in [0.29, 0.717) is 27.3 Å².